The number of hydrogen-bond acceptors (Lipinski definition) is 5. The molecule has 2 fully saturated rings. The van der Waals surface area contributed by atoms with Crippen molar-refractivity contribution in [2.75, 3.05) is 62.7 Å². The Bertz CT molecular complexity index is 835. The maximum absolute atomic E-state index is 5.65. The number of guanidine groups is 1. The largest absolute Gasteiger partial charge is 0.375 e. The highest BCUT2D eigenvalue weighted by Crippen LogP contribution is 2.17. The van der Waals surface area contributed by atoms with Gasteiger partial charge in [0.1, 0.15) is 5.82 Å². The van der Waals surface area contributed by atoms with E-state index in [1.165, 1.54) is 11.3 Å². The minimum atomic E-state index is 0.246. The maximum Gasteiger partial charge on any atom is 0.194 e. The van der Waals surface area contributed by atoms with Crippen LogP contribution in [-0.2, 0) is 11.3 Å². The van der Waals surface area contributed by atoms with Gasteiger partial charge in [0.15, 0.2) is 5.96 Å². The number of anilines is 2. The normalized spacial score (nSPS) is 20.4. The van der Waals surface area contributed by atoms with Gasteiger partial charge in [-0.3, -0.25) is 4.99 Å². The number of rotatable bonds is 4. The summed E-state index contributed by atoms with van der Waals surface area (Å²) in [7, 11) is 1.86. The number of aliphatic imine (C=N–C) groups is 1. The molecule has 7 heteroatoms. The summed E-state index contributed by atoms with van der Waals surface area (Å²) in [5, 5.41) is 3.54. The number of ether oxygens (including phenoxy) is 1. The molecule has 3 heterocycles. The lowest BCUT2D eigenvalue weighted by Gasteiger charge is -2.37. The Hall–Kier alpha value is -2.80. The highest BCUT2D eigenvalue weighted by Gasteiger charge is 2.20. The average Bonchev–Trinajstić information content (AvgIpc) is 2.81. The van der Waals surface area contributed by atoms with Crippen molar-refractivity contribution in [2.24, 2.45) is 4.99 Å². The Labute approximate surface area is 179 Å². The van der Waals surface area contributed by atoms with Crippen LogP contribution in [0.4, 0.5) is 11.5 Å². The zero-order valence-electron chi connectivity index (χ0n) is 18.0. The summed E-state index contributed by atoms with van der Waals surface area (Å²) in [6, 6.07) is 14.9. The minimum absolute atomic E-state index is 0.246. The van der Waals surface area contributed by atoms with E-state index in [0.29, 0.717) is 0 Å². The number of aromatic nitrogens is 1. The number of hydrogen-bond donors (Lipinski definition) is 1. The number of morpholine rings is 1. The van der Waals surface area contributed by atoms with Gasteiger partial charge in [0.2, 0.25) is 0 Å². The molecule has 0 saturated carbocycles. The molecule has 1 N–H and O–H groups in total. The monoisotopic (exact) mass is 408 g/mol. The number of para-hydroxylation sites is 1. The fraction of sp³-hybridized carbons (Fsp3) is 0.478. The van der Waals surface area contributed by atoms with E-state index in [1.54, 1.807) is 0 Å². The summed E-state index contributed by atoms with van der Waals surface area (Å²) >= 11 is 0. The molecule has 7 nitrogen and oxygen atoms in total. The standard InChI is InChI=1S/C23H32N6O/c1-19-18-29(14-15-30-19)22-16-20(8-9-25-22)17-26-23(24-2)28-12-10-27(11-13-28)21-6-4-3-5-7-21/h3-9,16,19H,10-15,17-18H2,1-2H3,(H,24,26). The molecule has 0 amide bonds. The summed E-state index contributed by atoms with van der Waals surface area (Å²) < 4.78 is 5.65. The molecule has 2 aliphatic rings. The first-order valence-electron chi connectivity index (χ1n) is 10.8. The van der Waals surface area contributed by atoms with Crippen LogP contribution in [0.5, 0.6) is 0 Å². The fourth-order valence-electron chi connectivity index (χ4n) is 4.10. The van der Waals surface area contributed by atoms with E-state index in [9.17, 15) is 0 Å². The molecule has 30 heavy (non-hydrogen) atoms. The maximum atomic E-state index is 5.65. The second-order valence-electron chi connectivity index (χ2n) is 7.86. The van der Waals surface area contributed by atoms with Gasteiger partial charge >= 0.3 is 0 Å². The highest BCUT2D eigenvalue weighted by molar-refractivity contribution is 5.80. The first kappa shape index (κ1) is 20.5. The third kappa shape index (κ3) is 5.02. The molecule has 1 unspecified atom stereocenters. The van der Waals surface area contributed by atoms with Gasteiger partial charge in [-0.15, -0.1) is 0 Å². The molecule has 160 valence electrons. The van der Waals surface area contributed by atoms with Crippen molar-refractivity contribution >= 4 is 17.5 Å². The van der Waals surface area contributed by atoms with Crippen molar-refractivity contribution in [3.8, 4) is 0 Å². The van der Waals surface area contributed by atoms with Crippen molar-refractivity contribution in [1.82, 2.24) is 15.2 Å². The van der Waals surface area contributed by atoms with E-state index in [4.69, 9.17) is 4.74 Å². The molecule has 2 aromatic rings. The lowest BCUT2D eigenvalue weighted by molar-refractivity contribution is 0.0529. The molecular formula is C23H32N6O. The van der Waals surface area contributed by atoms with Gasteiger partial charge in [0, 0.05) is 64.7 Å². The molecule has 1 atom stereocenters. The molecular weight excluding hydrogens is 376 g/mol. The molecule has 0 bridgehead atoms. The summed E-state index contributed by atoms with van der Waals surface area (Å²) in [6.45, 7) is 9.30. The van der Waals surface area contributed by atoms with Crippen LogP contribution in [0.2, 0.25) is 0 Å². The van der Waals surface area contributed by atoms with Gasteiger partial charge in [0.05, 0.1) is 12.7 Å². The Morgan fingerprint density at radius 2 is 1.90 bits per heavy atom. The topological polar surface area (TPSA) is 56.2 Å². The second-order valence-corrected chi connectivity index (χ2v) is 7.86. The Kier molecular flexibility index (Phi) is 6.69. The summed E-state index contributed by atoms with van der Waals surface area (Å²) in [5.41, 5.74) is 2.50. The van der Waals surface area contributed by atoms with Crippen LogP contribution in [0.3, 0.4) is 0 Å². The first-order chi connectivity index (χ1) is 14.7. The van der Waals surface area contributed by atoms with Crippen molar-refractivity contribution in [2.45, 2.75) is 19.6 Å². The van der Waals surface area contributed by atoms with E-state index >= 15 is 0 Å². The van der Waals surface area contributed by atoms with Crippen molar-refractivity contribution in [1.29, 1.82) is 0 Å². The van der Waals surface area contributed by atoms with Crippen LogP contribution >= 0.6 is 0 Å². The van der Waals surface area contributed by atoms with E-state index in [-0.39, 0.29) is 6.10 Å². The smallest absolute Gasteiger partial charge is 0.194 e. The molecule has 1 aromatic heterocycles. The molecule has 4 rings (SSSR count). The SMILES string of the molecule is CN=C(NCc1ccnc(N2CCOC(C)C2)c1)N1CCN(c2ccccc2)CC1. The Morgan fingerprint density at radius 1 is 1.10 bits per heavy atom. The van der Waals surface area contributed by atoms with Crippen LogP contribution < -0.4 is 15.1 Å². The molecule has 0 radical (unpaired) electrons. The van der Waals surface area contributed by atoms with Crippen molar-refractivity contribution < 1.29 is 4.74 Å². The van der Waals surface area contributed by atoms with Gasteiger partial charge in [-0.1, -0.05) is 18.2 Å². The molecule has 0 spiro atoms. The summed E-state index contributed by atoms with van der Waals surface area (Å²) in [5.74, 6) is 1.98. The van der Waals surface area contributed by atoms with Crippen LogP contribution in [0.25, 0.3) is 0 Å². The van der Waals surface area contributed by atoms with E-state index < -0.39 is 0 Å². The van der Waals surface area contributed by atoms with E-state index in [1.807, 2.05) is 13.2 Å². The average molecular weight is 409 g/mol. The number of piperazine rings is 1. The zero-order chi connectivity index (χ0) is 20.8. The third-order valence-electron chi connectivity index (χ3n) is 5.74. The van der Waals surface area contributed by atoms with Crippen LogP contribution in [0.15, 0.2) is 53.7 Å². The predicted molar refractivity (Wildman–Crippen MR) is 122 cm³/mol. The quantitative estimate of drug-likeness (QED) is 0.618. The van der Waals surface area contributed by atoms with Crippen molar-refractivity contribution in [3.63, 3.8) is 0 Å². The van der Waals surface area contributed by atoms with E-state index in [0.717, 1.165) is 64.2 Å². The lowest BCUT2D eigenvalue weighted by atomic mass is 10.2. The molecule has 2 aliphatic heterocycles. The Balaban J connectivity index is 1.31. The highest BCUT2D eigenvalue weighted by atomic mass is 16.5. The zero-order valence-corrected chi connectivity index (χ0v) is 18.0. The number of nitrogens with one attached hydrogen (secondary N) is 1. The lowest BCUT2D eigenvalue weighted by Crippen LogP contribution is -2.52. The van der Waals surface area contributed by atoms with E-state index in [2.05, 4.69) is 79.4 Å². The number of nitrogens with zero attached hydrogens (tertiary/aromatic N) is 5. The van der Waals surface area contributed by atoms with Gasteiger partial charge in [-0.2, -0.15) is 0 Å². The van der Waals surface area contributed by atoms with Crippen LogP contribution in [-0.4, -0.2) is 74.9 Å². The summed E-state index contributed by atoms with van der Waals surface area (Å²) in [6.07, 6.45) is 2.14. The number of pyridine rings is 1. The van der Waals surface area contributed by atoms with Crippen LogP contribution in [0, 0.1) is 0 Å². The molecule has 1 aromatic carbocycles. The second kappa shape index (κ2) is 9.80. The molecule has 0 aliphatic carbocycles. The third-order valence-corrected chi connectivity index (χ3v) is 5.74. The summed E-state index contributed by atoms with van der Waals surface area (Å²) in [4.78, 5) is 16.2. The number of benzene rings is 1. The predicted octanol–water partition coefficient (Wildman–Crippen LogP) is 2.20. The van der Waals surface area contributed by atoms with Gasteiger partial charge < -0.3 is 24.8 Å². The minimum Gasteiger partial charge on any atom is -0.375 e. The first-order valence-corrected chi connectivity index (χ1v) is 10.8. The fourth-order valence-corrected chi connectivity index (χ4v) is 4.10. The van der Waals surface area contributed by atoms with Gasteiger partial charge in [-0.25, -0.2) is 4.98 Å². The molecule has 2 saturated heterocycles. The Morgan fingerprint density at radius 3 is 2.63 bits per heavy atom. The van der Waals surface area contributed by atoms with Crippen LogP contribution in [0.1, 0.15) is 12.5 Å². The van der Waals surface area contributed by atoms with Crippen molar-refractivity contribution in [3.05, 3.63) is 54.2 Å². The van der Waals surface area contributed by atoms with Gasteiger partial charge in [-0.05, 0) is 36.8 Å². The van der Waals surface area contributed by atoms with Gasteiger partial charge in [0.25, 0.3) is 0 Å².